The fourth-order valence-electron chi connectivity index (χ4n) is 2.83. The number of nitrogens with one attached hydrogen (secondary N) is 1. The first-order chi connectivity index (χ1) is 12.1. The van der Waals surface area contributed by atoms with E-state index in [1.54, 1.807) is 18.2 Å². The highest BCUT2D eigenvalue weighted by molar-refractivity contribution is 6.43. The molecule has 2 aromatic rings. The first-order valence-corrected chi connectivity index (χ1v) is 9.00. The van der Waals surface area contributed by atoms with E-state index in [0.29, 0.717) is 17.1 Å². The van der Waals surface area contributed by atoms with Crippen molar-refractivity contribution in [3.63, 3.8) is 0 Å². The number of rotatable bonds is 5. The number of hydrogen-bond donors (Lipinski definition) is 1. The molecular formula is C19H20Cl2N2O2. The Balaban J connectivity index is 1.66. The molecule has 0 aromatic heterocycles. The van der Waals surface area contributed by atoms with Crippen molar-refractivity contribution in [3.8, 4) is 0 Å². The molecule has 1 aliphatic rings. The Hall–Kier alpha value is -1.59. The van der Waals surface area contributed by atoms with E-state index in [9.17, 15) is 4.79 Å². The predicted octanol–water partition coefficient (Wildman–Crippen LogP) is 3.76. The van der Waals surface area contributed by atoms with E-state index < -0.39 is 0 Å². The summed E-state index contributed by atoms with van der Waals surface area (Å²) in [7, 11) is 0. The fourth-order valence-corrected chi connectivity index (χ4v) is 3.22. The molecule has 0 unspecified atom stereocenters. The van der Waals surface area contributed by atoms with Crippen LogP contribution in [0.3, 0.4) is 0 Å². The van der Waals surface area contributed by atoms with Crippen molar-refractivity contribution < 1.29 is 9.53 Å². The van der Waals surface area contributed by atoms with Gasteiger partial charge < -0.3 is 10.1 Å². The molecule has 0 spiro atoms. The maximum absolute atomic E-state index is 12.4. The third-order valence-electron chi connectivity index (χ3n) is 4.25. The fraction of sp³-hybridized carbons (Fsp3) is 0.316. The molecule has 1 amide bonds. The number of morpholine rings is 1. The summed E-state index contributed by atoms with van der Waals surface area (Å²) in [5.74, 6) is -0.228. The number of carbonyl (C=O) groups excluding carboxylic acids is 1. The van der Waals surface area contributed by atoms with Gasteiger partial charge in [0.15, 0.2) is 0 Å². The Morgan fingerprint density at radius 3 is 2.52 bits per heavy atom. The Morgan fingerprint density at radius 2 is 1.76 bits per heavy atom. The van der Waals surface area contributed by atoms with Gasteiger partial charge in [-0.25, -0.2) is 0 Å². The maximum Gasteiger partial charge on any atom is 0.253 e. The van der Waals surface area contributed by atoms with Gasteiger partial charge in [0, 0.05) is 26.2 Å². The summed E-state index contributed by atoms with van der Waals surface area (Å²) >= 11 is 12.1. The van der Waals surface area contributed by atoms with Gasteiger partial charge in [-0.2, -0.15) is 0 Å². The van der Waals surface area contributed by atoms with Crippen molar-refractivity contribution in [2.75, 3.05) is 26.3 Å². The van der Waals surface area contributed by atoms with Crippen LogP contribution in [0.4, 0.5) is 0 Å². The van der Waals surface area contributed by atoms with Crippen molar-refractivity contribution in [3.05, 3.63) is 69.2 Å². The molecule has 0 saturated carbocycles. The van der Waals surface area contributed by atoms with Crippen LogP contribution in [0, 0.1) is 0 Å². The van der Waals surface area contributed by atoms with Gasteiger partial charge >= 0.3 is 0 Å². The van der Waals surface area contributed by atoms with E-state index in [2.05, 4.69) is 16.3 Å². The number of amides is 1. The van der Waals surface area contributed by atoms with Crippen molar-refractivity contribution in [1.29, 1.82) is 0 Å². The first kappa shape index (κ1) is 18.2. The lowest BCUT2D eigenvalue weighted by Crippen LogP contribution is -2.36. The number of benzene rings is 2. The Kier molecular flexibility index (Phi) is 6.32. The Morgan fingerprint density at radius 1 is 1.04 bits per heavy atom. The van der Waals surface area contributed by atoms with Crippen LogP contribution in [-0.4, -0.2) is 37.1 Å². The number of halogens is 2. The standard InChI is InChI=1S/C19H20Cl2N2O2/c20-17-7-3-6-16(18(17)21)19(24)22-12-14-4-1-2-5-15(14)13-23-8-10-25-11-9-23/h1-7H,8-13H2,(H,22,24). The molecule has 3 rings (SSSR count). The van der Waals surface area contributed by atoms with Crippen LogP contribution in [0.15, 0.2) is 42.5 Å². The van der Waals surface area contributed by atoms with Gasteiger partial charge in [0.2, 0.25) is 0 Å². The molecule has 0 atom stereocenters. The van der Waals surface area contributed by atoms with E-state index >= 15 is 0 Å². The number of carbonyl (C=O) groups is 1. The number of ether oxygens (including phenoxy) is 1. The van der Waals surface area contributed by atoms with Crippen LogP contribution in [-0.2, 0) is 17.8 Å². The summed E-state index contributed by atoms with van der Waals surface area (Å²) in [5.41, 5.74) is 2.70. The minimum Gasteiger partial charge on any atom is -0.379 e. The lowest BCUT2D eigenvalue weighted by atomic mass is 10.1. The molecule has 1 aliphatic heterocycles. The summed E-state index contributed by atoms with van der Waals surface area (Å²) in [4.78, 5) is 14.8. The molecule has 2 aromatic carbocycles. The topological polar surface area (TPSA) is 41.6 Å². The van der Waals surface area contributed by atoms with Gasteiger partial charge in [-0.15, -0.1) is 0 Å². The van der Waals surface area contributed by atoms with E-state index in [4.69, 9.17) is 27.9 Å². The lowest BCUT2D eigenvalue weighted by molar-refractivity contribution is 0.0340. The number of hydrogen-bond acceptors (Lipinski definition) is 3. The summed E-state index contributed by atoms with van der Waals surface area (Å²) in [6.45, 7) is 4.70. The summed E-state index contributed by atoms with van der Waals surface area (Å²) in [6.07, 6.45) is 0. The third-order valence-corrected chi connectivity index (χ3v) is 5.07. The molecule has 1 N–H and O–H groups in total. The minimum atomic E-state index is -0.228. The van der Waals surface area contributed by atoms with E-state index in [1.807, 2.05) is 18.2 Å². The molecule has 6 heteroatoms. The van der Waals surface area contributed by atoms with E-state index in [-0.39, 0.29) is 10.9 Å². The Bertz CT molecular complexity index is 746. The molecule has 0 aliphatic carbocycles. The highest BCUT2D eigenvalue weighted by Crippen LogP contribution is 2.25. The molecule has 1 fully saturated rings. The summed E-state index contributed by atoms with van der Waals surface area (Å²) < 4.78 is 5.39. The lowest BCUT2D eigenvalue weighted by Gasteiger charge is -2.27. The average Bonchev–Trinajstić information content (AvgIpc) is 2.64. The molecule has 1 saturated heterocycles. The highest BCUT2D eigenvalue weighted by atomic mass is 35.5. The van der Waals surface area contributed by atoms with Gasteiger partial charge in [0.1, 0.15) is 0 Å². The number of nitrogens with zero attached hydrogens (tertiary/aromatic N) is 1. The highest BCUT2D eigenvalue weighted by Gasteiger charge is 2.15. The molecule has 25 heavy (non-hydrogen) atoms. The van der Waals surface area contributed by atoms with E-state index in [1.165, 1.54) is 5.56 Å². The predicted molar refractivity (Wildman–Crippen MR) is 100 cm³/mol. The SMILES string of the molecule is O=C(NCc1ccccc1CN1CCOCC1)c1cccc(Cl)c1Cl. The molecule has 0 radical (unpaired) electrons. The Labute approximate surface area is 157 Å². The van der Waals surface area contributed by atoms with Crippen molar-refractivity contribution in [1.82, 2.24) is 10.2 Å². The van der Waals surface area contributed by atoms with E-state index in [0.717, 1.165) is 38.4 Å². The average molecular weight is 379 g/mol. The molecule has 1 heterocycles. The normalized spacial score (nSPS) is 15.1. The third kappa shape index (κ3) is 4.73. The zero-order valence-corrected chi connectivity index (χ0v) is 15.3. The monoisotopic (exact) mass is 378 g/mol. The van der Waals surface area contributed by atoms with Crippen molar-refractivity contribution in [2.24, 2.45) is 0 Å². The zero-order valence-electron chi connectivity index (χ0n) is 13.8. The van der Waals surface area contributed by atoms with Crippen LogP contribution in [0.2, 0.25) is 10.0 Å². The van der Waals surface area contributed by atoms with Crippen LogP contribution in [0.5, 0.6) is 0 Å². The van der Waals surface area contributed by atoms with Crippen LogP contribution < -0.4 is 5.32 Å². The summed E-state index contributed by atoms with van der Waals surface area (Å²) in [6, 6.07) is 13.2. The van der Waals surface area contributed by atoms with Crippen LogP contribution in [0.25, 0.3) is 0 Å². The zero-order chi connectivity index (χ0) is 17.6. The maximum atomic E-state index is 12.4. The van der Waals surface area contributed by atoms with Gasteiger partial charge in [0.25, 0.3) is 5.91 Å². The van der Waals surface area contributed by atoms with Crippen molar-refractivity contribution in [2.45, 2.75) is 13.1 Å². The molecule has 0 bridgehead atoms. The first-order valence-electron chi connectivity index (χ1n) is 8.24. The second-order valence-electron chi connectivity index (χ2n) is 5.94. The van der Waals surface area contributed by atoms with Crippen LogP contribution >= 0.6 is 23.2 Å². The van der Waals surface area contributed by atoms with Gasteiger partial charge in [-0.05, 0) is 23.3 Å². The van der Waals surface area contributed by atoms with Crippen LogP contribution in [0.1, 0.15) is 21.5 Å². The molecule has 132 valence electrons. The largest absolute Gasteiger partial charge is 0.379 e. The molecular weight excluding hydrogens is 359 g/mol. The minimum absolute atomic E-state index is 0.228. The van der Waals surface area contributed by atoms with Gasteiger partial charge in [0.05, 0.1) is 28.8 Å². The van der Waals surface area contributed by atoms with Gasteiger partial charge in [-0.3, -0.25) is 9.69 Å². The van der Waals surface area contributed by atoms with Crippen molar-refractivity contribution >= 4 is 29.1 Å². The molecule has 4 nitrogen and oxygen atoms in total. The quantitative estimate of drug-likeness (QED) is 0.860. The second-order valence-corrected chi connectivity index (χ2v) is 6.73. The van der Waals surface area contributed by atoms with Gasteiger partial charge in [-0.1, -0.05) is 53.5 Å². The second kappa shape index (κ2) is 8.68. The summed E-state index contributed by atoms with van der Waals surface area (Å²) in [5, 5.41) is 3.59. The smallest absolute Gasteiger partial charge is 0.253 e.